The Labute approximate surface area is 79.2 Å². The van der Waals surface area contributed by atoms with Gasteiger partial charge in [0.05, 0.1) is 0 Å². The predicted molar refractivity (Wildman–Crippen MR) is 53.0 cm³/mol. The standard InChI is InChI=1S/2C2H6O.BH3O3.3H3N/c2*1-2-3;2-1(3)4;;;/h2*3H,2H2,1H3;2-4H;3*1H3. The van der Waals surface area contributed by atoms with Crippen molar-refractivity contribution in [1.82, 2.24) is 18.5 Å². The Hall–Kier alpha value is -0.255. The minimum Gasteiger partial charge on any atom is -0.402 e. The highest BCUT2D eigenvalue weighted by Crippen LogP contribution is 1.40. The zero-order valence-corrected chi connectivity index (χ0v) is 8.35. The van der Waals surface area contributed by atoms with Crippen molar-refractivity contribution in [2.45, 2.75) is 13.8 Å². The van der Waals surface area contributed by atoms with Crippen LogP contribution in [0.4, 0.5) is 0 Å². The summed E-state index contributed by atoms with van der Waals surface area (Å²) in [6.07, 6.45) is 0. The van der Waals surface area contributed by atoms with Crippen LogP contribution in [0.25, 0.3) is 0 Å². The summed E-state index contributed by atoms with van der Waals surface area (Å²) in [5, 5.41) is 36.6. The first kappa shape index (κ1) is 38.6. The second-order valence-electron chi connectivity index (χ2n) is 0.979. The Morgan fingerprint density at radius 3 is 0.769 bits per heavy atom. The predicted octanol–water partition coefficient (Wildman–Crippen LogP) is -1.57. The zero-order valence-electron chi connectivity index (χ0n) is 8.35. The number of hydrogen-bond acceptors (Lipinski definition) is 8. The first-order valence-electron chi connectivity index (χ1n) is 2.82. The lowest BCUT2D eigenvalue weighted by Gasteiger charge is -1.69. The van der Waals surface area contributed by atoms with E-state index in [4.69, 9.17) is 25.3 Å². The second kappa shape index (κ2) is 60.2. The van der Waals surface area contributed by atoms with Crippen LogP contribution in [0.2, 0.25) is 0 Å². The van der Waals surface area contributed by atoms with E-state index in [9.17, 15) is 0 Å². The van der Waals surface area contributed by atoms with Crippen LogP contribution in [0.15, 0.2) is 0 Å². The molecule has 14 N–H and O–H groups in total. The third-order valence-electron chi connectivity index (χ3n) is 0. The van der Waals surface area contributed by atoms with Gasteiger partial charge in [0.15, 0.2) is 0 Å². The topological polar surface area (TPSA) is 206 Å². The normalized spacial score (nSPS) is 4.85. The van der Waals surface area contributed by atoms with Crippen LogP contribution < -0.4 is 18.5 Å². The first-order chi connectivity index (χ1) is 4.56. The molecule has 8 nitrogen and oxygen atoms in total. The van der Waals surface area contributed by atoms with Crippen LogP contribution in [0.3, 0.4) is 0 Å². The molecule has 0 atom stereocenters. The lowest BCUT2D eigenvalue weighted by molar-refractivity contribution is 0.278. The molecule has 0 aliphatic carbocycles. The lowest BCUT2D eigenvalue weighted by Crippen LogP contribution is -2.07. The Kier molecular flexibility index (Phi) is 179. The van der Waals surface area contributed by atoms with Gasteiger partial charge in [-0.05, 0) is 13.8 Å². The summed E-state index contributed by atoms with van der Waals surface area (Å²) in [6.45, 7) is 3.86. The van der Waals surface area contributed by atoms with Crippen LogP contribution >= 0.6 is 0 Å². The van der Waals surface area contributed by atoms with E-state index in [-0.39, 0.29) is 31.7 Å². The van der Waals surface area contributed by atoms with Crippen LogP contribution in [0, 0.1) is 0 Å². The number of hydrogen-bond donors (Lipinski definition) is 8. The summed E-state index contributed by atoms with van der Waals surface area (Å²) in [4.78, 5) is 0. The van der Waals surface area contributed by atoms with E-state index < -0.39 is 7.32 Å². The first-order valence-corrected chi connectivity index (χ1v) is 2.82. The molecule has 0 aromatic rings. The van der Waals surface area contributed by atoms with Crippen molar-refractivity contribution in [3.05, 3.63) is 0 Å². The molecule has 0 heterocycles. The van der Waals surface area contributed by atoms with Gasteiger partial charge in [-0.3, -0.25) is 0 Å². The molecule has 0 aromatic carbocycles. The van der Waals surface area contributed by atoms with E-state index in [2.05, 4.69) is 0 Å². The maximum Gasteiger partial charge on any atom is 0.631 e. The van der Waals surface area contributed by atoms with Gasteiger partial charge >= 0.3 is 7.32 Å². The Bertz CT molecular complexity index is 40.2. The molecule has 9 heteroatoms. The van der Waals surface area contributed by atoms with Gasteiger partial charge in [-0.15, -0.1) is 0 Å². The Balaban J connectivity index is -0.0000000128. The molecular weight excluding hydrogens is 181 g/mol. The highest BCUT2D eigenvalue weighted by Gasteiger charge is 1.92. The number of aliphatic hydroxyl groups excluding tert-OH is 2. The molecule has 0 fully saturated rings. The maximum atomic E-state index is 7.57. The fraction of sp³-hybridized carbons (Fsp3) is 1.00. The zero-order chi connectivity index (χ0) is 8.99. The summed E-state index contributed by atoms with van der Waals surface area (Å²) >= 11 is 0. The molecule has 0 rings (SSSR count). The number of rotatable bonds is 0. The molecule has 0 saturated carbocycles. The highest BCUT2D eigenvalue weighted by molar-refractivity contribution is 6.30. The fourth-order valence-electron chi connectivity index (χ4n) is 0. The van der Waals surface area contributed by atoms with E-state index in [0.717, 1.165) is 0 Å². The summed E-state index contributed by atoms with van der Waals surface area (Å²) in [5.41, 5.74) is 0. The van der Waals surface area contributed by atoms with Crippen molar-refractivity contribution in [3.8, 4) is 0 Å². The molecule has 0 aliphatic heterocycles. The molecule has 0 aliphatic rings. The van der Waals surface area contributed by atoms with Gasteiger partial charge in [0.25, 0.3) is 0 Å². The quantitative estimate of drug-likeness (QED) is 0.216. The van der Waals surface area contributed by atoms with Gasteiger partial charge < -0.3 is 43.7 Å². The average Bonchev–Trinajstić information content (AvgIpc) is 1.65. The smallest absolute Gasteiger partial charge is 0.402 e. The van der Waals surface area contributed by atoms with E-state index in [1.165, 1.54) is 0 Å². The van der Waals surface area contributed by atoms with Crippen LogP contribution in [0.1, 0.15) is 13.8 Å². The molecular formula is C4H24BN3O5. The molecule has 0 unspecified atom stereocenters. The van der Waals surface area contributed by atoms with Crippen LogP contribution in [0.5, 0.6) is 0 Å². The van der Waals surface area contributed by atoms with Gasteiger partial charge in [-0.1, -0.05) is 0 Å². The monoisotopic (exact) mass is 205 g/mol. The molecule has 13 heavy (non-hydrogen) atoms. The van der Waals surface area contributed by atoms with E-state index in [0.29, 0.717) is 0 Å². The Morgan fingerprint density at radius 2 is 0.769 bits per heavy atom. The van der Waals surface area contributed by atoms with Gasteiger partial charge in [-0.2, -0.15) is 0 Å². The van der Waals surface area contributed by atoms with Crippen molar-refractivity contribution in [1.29, 1.82) is 0 Å². The van der Waals surface area contributed by atoms with Crippen molar-refractivity contribution in [2.75, 3.05) is 13.2 Å². The minimum absolute atomic E-state index is 0. The molecule has 0 amide bonds. The molecule has 0 bridgehead atoms. The molecule has 0 radical (unpaired) electrons. The third-order valence-corrected chi connectivity index (χ3v) is 0. The van der Waals surface area contributed by atoms with Crippen LogP contribution in [-0.2, 0) is 0 Å². The van der Waals surface area contributed by atoms with Gasteiger partial charge in [-0.25, -0.2) is 0 Å². The molecule has 0 saturated heterocycles. The summed E-state index contributed by atoms with van der Waals surface area (Å²) in [6, 6.07) is 0. The minimum atomic E-state index is -2.17. The highest BCUT2D eigenvalue weighted by atomic mass is 16.5. The third kappa shape index (κ3) is 17100. The van der Waals surface area contributed by atoms with Gasteiger partial charge in [0.2, 0.25) is 0 Å². The number of aliphatic hydroxyl groups is 2. The lowest BCUT2D eigenvalue weighted by atomic mass is 10.3. The molecule has 88 valence electrons. The average molecular weight is 205 g/mol. The summed E-state index contributed by atoms with van der Waals surface area (Å²) < 4.78 is 0. The van der Waals surface area contributed by atoms with E-state index in [1.54, 1.807) is 13.8 Å². The SMILES string of the molecule is CCO.CCO.N.N.N.OB(O)O. The van der Waals surface area contributed by atoms with Crippen LogP contribution in [-0.4, -0.2) is 45.8 Å². The second-order valence-corrected chi connectivity index (χ2v) is 0.979. The van der Waals surface area contributed by atoms with Crippen molar-refractivity contribution < 1.29 is 25.3 Å². The van der Waals surface area contributed by atoms with Crippen molar-refractivity contribution >= 4 is 7.32 Å². The molecule has 0 aromatic heterocycles. The summed E-state index contributed by atoms with van der Waals surface area (Å²) in [7, 11) is -2.17. The van der Waals surface area contributed by atoms with Crippen molar-refractivity contribution in [3.63, 3.8) is 0 Å². The molecule has 0 spiro atoms. The van der Waals surface area contributed by atoms with Gasteiger partial charge in [0, 0.05) is 13.2 Å². The fourth-order valence-corrected chi connectivity index (χ4v) is 0. The Morgan fingerprint density at radius 1 is 0.769 bits per heavy atom. The van der Waals surface area contributed by atoms with Gasteiger partial charge in [0.1, 0.15) is 0 Å². The maximum absolute atomic E-state index is 7.57. The largest absolute Gasteiger partial charge is 0.631 e. The van der Waals surface area contributed by atoms with E-state index >= 15 is 0 Å². The van der Waals surface area contributed by atoms with E-state index in [1.807, 2.05) is 0 Å². The van der Waals surface area contributed by atoms with Crippen molar-refractivity contribution in [2.24, 2.45) is 0 Å². The summed E-state index contributed by atoms with van der Waals surface area (Å²) in [5.74, 6) is 0.